The van der Waals surface area contributed by atoms with Gasteiger partial charge in [0.25, 0.3) is 5.91 Å². The van der Waals surface area contributed by atoms with Gasteiger partial charge >= 0.3 is 0 Å². The molecule has 2 N–H and O–H groups in total. The molecule has 0 bridgehead atoms. The van der Waals surface area contributed by atoms with Gasteiger partial charge in [-0.1, -0.05) is 32.0 Å². The topological polar surface area (TPSA) is 46.3 Å². The van der Waals surface area contributed by atoms with Crippen LogP contribution in [0.1, 0.15) is 42.8 Å². The van der Waals surface area contributed by atoms with E-state index in [9.17, 15) is 4.79 Å². The number of fused-ring (bicyclic) bond motifs is 1. The molecular weight excluding hydrogens is 280 g/mol. The van der Waals surface area contributed by atoms with Gasteiger partial charge in [0.2, 0.25) is 0 Å². The maximum Gasteiger partial charge on any atom is 0.266 e. The molecule has 0 aliphatic heterocycles. The minimum absolute atomic E-state index is 0.122. The van der Waals surface area contributed by atoms with Gasteiger partial charge in [-0.3, -0.25) is 4.79 Å². The first-order valence-electron chi connectivity index (χ1n) is 7.66. The van der Waals surface area contributed by atoms with E-state index >= 15 is 0 Å². The van der Waals surface area contributed by atoms with Crippen molar-refractivity contribution in [3.8, 4) is 0 Å². The fraction of sp³-hybridized carbons (Fsp3) is 0.471. The predicted molar refractivity (Wildman–Crippen MR) is 89.8 cm³/mol. The third-order valence-electron chi connectivity index (χ3n) is 4.02. The lowest BCUT2D eigenvalue weighted by atomic mass is 10.1. The molecule has 21 heavy (non-hydrogen) atoms. The Morgan fingerprint density at radius 1 is 1.38 bits per heavy atom. The van der Waals surface area contributed by atoms with Crippen LogP contribution in [0, 0.1) is 5.92 Å². The highest BCUT2D eigenvalue weighted by molar-refractivity contribution is 7.21. The first-order valence-corrected chi connectivity index (χ1v) is 8.47. The largest absolute Gasteiger partial charge is 0.397 e. The van der Waals surface area contributed by atoms with Gasteiger partial charge < -0.3 is 10.6 Å². The number of hydrogen-bond donors (Lipinski definition) is 1. The van der Waals surface area contributed by atoms with Gasteiger partial charge in [-0.25, -0.2) is 0 Å². The fourth-order valence-corrected chi connectivity index (χ4v) is 3.67. The maximum absolute atomic E-state index is 12.9. The van der Waals surface area contributed by atoms with Crippen molar-refractivity contribution < 1.29 is 4.79 Å². The third-order valence-corrected chi connectivity index (χ3v) is 5.20. The summed E-state index contributed by atoms with van der Waals surface area (Å²) in [6.07, 6.45) is 3.32. The molecule has 112 valence electrons. The molecule has 1 aliphatic carbocycles. The highest BCUT2D eigenvalue weighted by Crippen LogP contribution is 2.36. The molecule has 2 aromatic rings. The number of nitrogen functional groups attached to an aromatic ring is 1. The van der Waals surface area contributed by atoms with Crippen LogP contribution in [0.15, 0.2) is 24.3 Å². The Bertz CT molecular complexity index is 658. The van der Waals surface area contributed by atoms with Crippen molar-refractivity contribution in [2.45, 2.75) is 39.2 Å². The van der Waals surface area contributed by atoms with Gasteiger partial charge in [0.05, 0.1) is 5.69 Å². The smallest absolute Gasteiger partial charge is 0.266 e. The van der Waals surface area contributed by atoms with E-state index in [1.165, 1.54) is 11.3 Å². The van der Waals surface area contributed by atoms with Crippen molar-refractivity contribution in [3.63, 3.8) is 0 Å². The quantitative estimate of drug-likeness (QED) is 0.902. The average molecular weight is 302 g/mol. The monoisotopic (exact) mass is 302 g/mol. The van der Waals surface area contributed by atoms with E-state index in [1.54, 1.807) is 0 Å². The normalized spacial score (nSPS) is 14.8. The van der Waals surface area contributed by atoms with Crippen LogP contribution < -0.4 is 5.73 Å². The number of nitrogens with zero attached hydrogens (tertiary/aromatic N) is 1. The van der Waals surface area contributed by atoms with E-state index in [0.29, 0.717) is 22.5 Å². The summed E-state index contributed by atoms with van der Waals surface area (Å²) in [7, 11) is 0. The van der Waals surface area contributed by atoms with Gasteiger partial charge in [-0.2, -0.15) is 0 Å². The van der Waals surface area contributed by atoms with E-state index in [-0.39, 0.29) is 5.91 Å². The summed E-state index contributed by atoms with van der Waals surface area (Å²) in [4.78, 5) is 15.6. The van der Waals surface area contributed by atoms with Crippen LogP contribution >= 0.6 is 11.3 Å². The zero-order valence-corrected chi connectivity index (χ0v) is 13.5. The van der Waals surface area contributed by atoms with Crippen LogP contribution in [-0.2, 0) is 0 Å². The van der Waals surface area contributed by atoms with Crippen LogP contribution in [-0.4, -0.2) is 23.4 Å². The third kappa shape index (κ3) is 2.91. The Morgan fingerprint density at radius 2 is 2.10 bits per heavy atom. The average Bonchev–Trinajstić information content (AvgIpc) is 3.23. The van der Waals surface area contributed by atoms with Gasteiger partial charge in [0.1, 0.15) is 4.88 Å². The van der Waals surface area contributed by atoms with Crippen LogP contribution in [0.25, 0.3) is 10.1 Å². The molecule has 0 radical (unpaired) electrons. The number of carbonyl (C=O) groups excluding carboxylic acids is 1. The summed E-state index contributed by atoms with van der Waals surface area (Å²) < 4.78 is 1.10. The number of benzene rings is 1. The van der Waals surface area contributed by atoms with Crippen molar-refractivity contribution in [3.05, 3.63) is 29.1 Å². The van der Waals surface area contributed by atoms with Crippen molar-refractivity contribution in [1.29, 1.82) is 0 Å². The number of carbonyl (C=O) groups is 1. The molecule has 0 saturated heterocycles. The Kier molecular flexibility index (Phi) is 3.89. The Labute approximate surface area is 129 Å². The molecule has 0 unspecified atom stereocenters. The summed E-state index contributed by atoms with van der Waals surface area (Å²) in [6, 6.07) is 8.41. The van der Waals surface area contributed by atoms with E-state index in [2.05, 4.69) is 13.8 Å². The van der Waals surface area contributed by atoms with E-state index in [0.717, 1.165) is 35.9 Å². The Balaban J connectivity index is 1.88. The minimum Gasteiger partial charge on any atom is -0.397 e. The molecule has 4 heteroatoms. The lowest BCUT2D eigenvalue weighted by Crippen LogP contribution is -2.34. The molecule has 1 aromatic heterocycles. The molecule has 1 aromatic carbocycles. The van der Waals surface area contributed by atoms with Crippen molar-refractivity contribution in [2.24, 2.45) is 5.92 Å². The summed E-state index contributed by atoms with van der Waals surface area (Å²) in [5.41, 5.74) is 6.87. The fourth-order valence-electron chi connectivity index (χ4n) is 2.59. The second kappa shape index (κ2) is 5.68. The number of rotatable bonds is 5. The van der Waals surface area contributed by atoms with Gasteiger partial charge in [0.15, 0.2) is 0 Å². The standard InChI is InChI=1S/C17H22N2OS/c1-11(2)9-10-19(12-7-8-12)17(20)16-15(18)13-5-3-4-6-14(13)21-16/h3-6,11-12H,7-10,18H2,1-2H3. The Morgan fingerprint density at radius 3 is 2.71 bits per heavy atom. The highest BCUT2D eigenvalue weighted by Gasteiger charge is 2.34. The first-order chi connectivity index (χ1) is 10.1. The summed E-state index contributed by atoms with van der Waals surface area (Å²) in [5.74, 6) is 0.732. The van der Waals surface area contributed by atoms with Crippen molar-refractivity contribution in [1.82, 2.24) is 4.90 Å². The van der Waals surface area contributed by atoms with E-state index in [4.69, 9.17) is 5.73 Å². The zero-order chi connectivity index (χ0) is 15.0. The second-order valence-electron chi connectivity index (χ2n) is 6.25. The summed E-state index contributed by atoms with van der Waals surface area (Å²) in [6.45, 7) is 5.24. The van der Waals surface area contributed by atoms with E-state index in [1.807, 2.05) is 29.2 Å². The van der Waals surface area contributed by atoms with Gasteiger partial charge in [-0.05, 0) is 31.2 Å². The summed E-state index contributed by atoms with van der Waals surface area (Å²) in [5, 5.41) is 1.01. The van der Waals surface area contributed by atoms with Crippen LogP contribution in [0.5, 0.6) is 0 Å². The second-order valence-corrected chi connectivity index (χ2v) is 7.31. The molecule has 1 saturated carbocycles. The number of nitrogens with two attached hydrogens (primary N) is 1. The molecule has 3 rings (SSSR count). The molecule has 3 nitrogen and oxygen atoms in total. The van der Waals surface area contributed by atoms with E-state index < -0.39 is 0 Å². The zero-order valence-electron chi connectivity index (χ0n) is 12.6. The van der Waals surface area contributed by atoms with Crippen molar-refractivity contribution >= 4 is 33.0 Å². The molecule has 1 heterocycles. The van der Waals surface area contributed by atoms with Gasteiger partial charge in [0, 0.05) is 22.7 Å². The van der Waals surface area contributed by atoms with Crippen LogP contribution in [0.3, 0.4) is 0 Å². The van der Waals surface area contributed by atoms with Crippen molar-refractivity contribution in [2.75, 3.05) is 12.3 Å². The number of anilines is 1. The Hall–Kier alpha value is -1.55. The maximum atomic E-state index is 12.9. The lowest BCUT2D eigenvalue weighted by molar-refractivity contribution is 0.0741. The van der Waals surface area contributed by atoms with Gasteiger partial charge in [-0.15, -0.1) is 11.3 Å². The predicted octanol–water partition coefficient (Wildman–Crippen LogP) is 4.13. The molecule has 0 atom stereocenters. The number of amides is 1. The molecule has 1 fully saturated rings. The SMILES string of the molecule is CC(C)CCN(C(=O)c1sc2ccccc2c1N)C1CC1. The van der Waals surface area contributed by atoms with Crippen LogP contribution in [0.2, 0.25) is 0 Å². The minimum atomic E-state index is 0.122. The van der Waals surface area contributed by atoms with Crippen LogP contribution in [0.4, 0.5) is 5.69 Å². The first kappa shape index (κ1) is 14.4. The lowest BCUT2D eigenvalue weighted by Gasteiger charge is -2.23. The molecule has 0 spiro atoms. The number of hydrogen-bond acceptors (Lipinski definition) is 3. The molecule has 1 amide bonds. The number of thiophene rings is 1. The molecular formula is C17H22N2OS. The molecule has 1 aliphatic rings. The summed E-state index contributed by atoms with van der Waals surface area (Å²) >= 11 is 1.52. The highest BCUT2D eigenvalue weighted by atomic mass is 32.1.